The quantitative estimate of drug-likeness (QED) is 0.756. The van der Waals surface area contributed by atoms with Gasteiger partial charge in [-0.25, -0.2) is 0 Å². The summed E-state index contributed by atoms with van der Waals surface area (Å²) >= 11 is 0. The number of rotatable bonds is 1. The SMILES string of the molecule is CCC.CCC(=O)NC.c1ccccc1. The molecule has 15 heavy (non-hydrogen) atoms. The van der Waals surface area contributed by atoms with Crippen LogP contribution in [-0.4, -0.2) is 13.0 Å². The van der Waals surface area contributed by atoms with Crippen molar-refractivity contribution < 1.29 is 4.79 Å². The molecule has 1 aromatic carbocycles. The highest BCUT2D eigenvalue weighted by Crippen LogP contribution is 1.79. The van der Waals surface area contributed by atoms with Crippen molar-refractivity contribution in [2.24, 2.45) is 0 Å². The minimum absolute atomic E-state index is 0.0926. The largest absolute Gasteiger partial charge is 0.359 e. The summed E-state index contributed by atoms with van der Waals surface area (Å²) < 4.78 is 0. The van der Waals surface area contributed by atoms with Gasteiger partial charge in [0.05, 0.1) is 0 Å². The highest BCUT2D eigenvalue weighted by Gasteiger charge is 1.84. The lowest BCUT2D eigenvalue weighted by molar-refractivity contribution is -0.120. The molecular formula is C13H23NO. The van der Waals surface area contributed by atoms with Crippen molar-refractivity contribution >= 4 is 5.91 Å². The Bertz CT molecular complexity index is 176. The number of carbonyl (C=O) groups is 1. The Hall–Kier alpha value is -1.31. The zero-order chi connectivity index (χ0) is 11.9. The predicted molar refractivity (Wildman–Crippen MR) is 66.8 cm³/mol. The first-order chi connectivity index (χ1) is 7.22. The molecule has 2 heteroatoms. The van der Waals surface area contributed by atoms with Crippen molar-refractivity contribution in [3.05, 3.63) is 36.4 Å². The molecule has 1 rings (SSSR count). The maximum atomic E-state index is 10.1. The lowest BCUT2D eigenvalue weighted by atomic mass is 10.4. The molecule has 0 heterocycles. The van der Waals surface area contributed by atoms with Crippen LogP contribution in [-0.2, 0) is 4.79 Å². The topological polar surface area (TPSA) is 29.1 Å². The molecule has 2 nitrogen and oxygen atoms in total. The summed E-state index contributed by atoms with van der Waals surface area (Å²) in [5, 5.41) is 2.48. The monoisotopic (exact) mass is 209 g/mol. The highest BCUT2D eigenvalue weighted by molar-refractivity contribution is 5.74. The molecular weight excluding hydrogens is 186 g/mol. The molecule has 0 saturated heterocycles. The van der Waals surface area contributed by atoms with E-state index in [1.165, 1.54) is 6.42 Å². The van der Waals surface area contributed by atoms with Gasteiger partial charge in [0.1, 0.15) is 0 Å². The Kier molecular flexibility index (Phi) is 16.3. The predicted octanol–water partition coefficient (Wildman–Crippen LogP) is 3.25. The third kappa shape index (κ3) is 19.2. The average Bonchev–Trinajstić information content (AvgIpc) is 2.32. The molecule has 0 aliphatic heterocycles. The third-order valence-corrected chi connectivity index (χ3v) is 1.27. The second kappa shape index (κ2) is 15.2. The number of carbonyl (C=O) groups excluding carboxylic acids is 1. The van der Waals surface area contributed by atoms with Gasteiger partial charge >= 0.3 is 0 Å². The Morgan fingerprint density at radius 3 is 1.27 bits per heavy atom. The van der Waals surface area contributed by atoms with E-state index >= 15 is 0 Å². The first kappa shape index (κ1) is 16.1. The number of benzene rings is 1. The van der Waals surface area contributed by atoms with E-state index in [4.69, 9.17) is 0 Å². The van der Waals surface area contributed by atoms with Gasteiger partial charge in [-0.2, -0.15) is 0 Å². The van der Waals surface area contributed by atoms with Gasteiger partial charge in [-0.15, -0.1) is 0 Å². The van der Waals surface area contributed by atoms with Crippen LogP contribution in [0.3, 0.4) is 0 Å². The molecule has 0 aliphatic carbocycles. The van der Waals surface area contributed by atoms with Crippen molar-refractivity contribution in [2.75, 3.05) is 7.05 Å². The van der Waals surface area contributed by atoms with E-state index in [9.17, 15) is 4.79 Å². The van der Waals surface area contributed by atoms with Crippen molar-refractivity contribution in [1.29, 1.82) is 0 Å². The van der Waals surface area contributed by atoms with E-state index < -0.39 is 0 Å². The fourth-order valence-corrected chi connectivity index (χ4v) is 0.562. The fraction of sp³-hybridized carbons (Fsp3) is 0.462. The van der Waals surface area contributed by atoms with Gasteiger partial charge in [-0.1, -0.05) is 63.6 Å². The van der Waals surface area contributed by atoms with E-state index in [2.05, 4.69) is 19.2 Å². The molecule has 0 fully saturated rings. The molecule has 86 valence electrons. The van der Waals surface area contributed by atoms with E-state index in [0.717, 1.165) is 0 Å². The molecule has 0 aliphatic rings. The normalized spacial score (nSPS) is 7.47. The molecule has 0 atom stereocenters. The first-order valence-corrected chi connectivity index (χ1v) is 5.43. The van der Waals surface area contributed by atoms with Crippen LogP contribution in [0.5, 0.6) is 0 Å². The van der Waals surface area contributed by atoms with Gasteiger partial charge in [-0.3, -0.25) is 4.79 Å². The molecule has 0 aromatic heterocycles. The Morgan fingerprint density at radius 2 is 1.20 bits per heavy atom. The summed E-state index contributed by atoms with van der Waals surface area (Å²) in [5.74, 6) is 0.0926. The zero-order valence-corrected chi connectivity index (χ0v) is 10.3. The molecule has 0 radical (unpaired) electrons. The van der Waals surface area contributed by atoms with Crippen LogP contribution in [0.15, 0.2) is 36.4 Å². The van der Waals surface area contributed by atoms with E-state index in [0.29, 0.717) is 6.42 Å². The standard InChI is InChI=1S/C6H6.C4H9NO.C3H8/c1-2-4-6-5-3-1;1-3-4(6)5-2;1-3-2/h1-6H;3H2,1-2H3,(H,5,6);3H2,1-2H3. The van der Waals surface area contributed by atoms with Crippen molar-refractivity contribution in [3.63, 3.8) is 0 Å². The van der Waals surface area contributed by atoms with Crippen molar-refractivity contribution in [3.8, 4) is 0 Å². The maximum Gasteiger partial charge on any atom is 0.219 e. The molecule has 0 unspecified atom stereocenters. The minimum Gasteiger partial charge on any atom is -0.359 e. The van der Waals surface area contributed by atoms with Crippen LogP contribution in [0, 0.1) is 0 Å². The third-order valence-electron chi connectivity index (χ3n) is 1.27. The van der Waals surface area contributed by atoms with Gasteiger partial charge in [0.2, 0.25) is 5.91 Å². The minimum atomic E-state index is 0.0926. The second-order valence-corrected chi connectivity index (χ2v) is 2.89. The molecule has 0 bridgehead atoms. The van der Waals surface area contributed by atoms with E-state index in [1.54, 1.807) is 7.05 Å². The number of hydrogen-bond donors (Lipinski definition) is 1. The lowest BCUT2D eigenvalue weighted by Crippen LogP contribution is -2.15. The van der Waals surface area contributed by atoms with Gasteiger partial charge < -0.3 is 5.32 Å². The van der Waals surface area contributed by atoms with Crippen LogP contribution >= 0.6 is 0 Å². The summed E-state index contributed by atoms with van der Waals surface area (Å²) in [6, 6.07) is 12.0. The number of hydrogen-bond acceptors (Lipinski definition) is 1. The summed E-state index contributed by atoms with van der Waals surface area (Å²) in [7, 11) is 1.63. The molecule has 1 amide bonds. The lowest BCUT2D eigenvalue weighted by Gasteiger charge is -1.87. The maximum absolute atomic E-state index is 10.1. The van der Waals surface area contributed by atoms with E-state index in [1.807, 2.05) is 43.3 Å². The van der Waals surface area contributed by atoms with Crippen LogP contribution in [0.25, 0.3) is 0 Å². The zero-order valence-electron chi connectivity index (χ0n) is 10.3. The van der Waals surface area contributed by atoms with Crippen LogP contribution < -0.4 is 5.32 Å². The van der Waals surface area contributed by atoms with Gasteiger partial charge in [-0.05, 0) is 0 Å². The molecule has 1 N–H and O–H groups in total. The summed E-state index contributed by atoms with van der Waals surface area (Å²) in [5.41, 5.74) is 0. The Labute approximate surface area is 93.7 Å². The van der Waals surface area contributed by atoms with E-state index in [-0.39, 0.29) is 5.91 Å². The Balaban J connectivity index is 0. The summed E-state index contributed by atoms with van der Waals surface area (Å²) in [6.07, 6.45) is 1.83. The van der Waals surface area contributed by atoms with Crippen LogP contribution in [0.2, 0.25) is 0 Å². The van der Waals surface area contributed by atoms with Gasteiger partial charge in [0.25, 0.3) is 0 Å². The molecule has 0 spiro atoms. The first-order valence-electron chi connectivity index (χ1n) is 5.43. The fourth-order valence-electron chi connectivity index (χ4n) is 0.562. The molecule has 1 aromatic rings. The second-order valence-electron chi connectivity index (χ2n) is 2.89. The van der Waals surface area contributed by atoms with Crippen molar-refractivity contribution in [1.82, 2.24) is 5.32 Å². The average molecular weight is 209 g/mol. The number of nitrogens with one attached hydrogen (secondary N) is 1. The highest BCUT2D eigenvalue weighted by atomic mass is 16.1. The Morgan fingerprint density at radius 1 is 0.933 bits per heavy atom. The summed E-state index contributed by atoms with van der Waals surface area (Å²) in [4.78, 5) is 10.1. The van der Waals surface area contributed by atoms with Crippen molar-refractivity contribution in [2.45, 2.75) is 33.6 Å². The van der Waals surface area contributed by atoms with Gasteiger partial charge in [0, 0.05) is 13.5 Å². The van der Waals surface area contributed by atoms with Crippen LogP contribution in [0.4, 0.5) is 0 Å². The smallest absolute Gasteiger partial charge is 0.219 e. The van der Waals surface area contributed by atoms with Crippen LogP contribution in [0.1, 0.15) is 33.6 Å². The van der Waals surface area contributed by atoms with Gasteiger partial charge in [0.15, 0.2) is 0 Å². The number of amides is 1. The molecule has 0 saturated carbocycles. The summed E-state index contributed by atoms with van der Waals surface area (Å²) in [6.45, 7) is 6.07.